The van der Waals surface area contributed by atoms with Crippen LogP contribution in [0.4, 0.5) is 5.69 Å². The van der Waals surface area contributed by atoms with Crippen LogP contribution in [0.15, 0.2) is 27.5 Å². The summed E-state index contributed by atoms with van der Waals surface area (Å²) in [5.74, 6) is -0.140. The lowest BCUT2D eigenvalue weighted by Crippen LogP contribution is -2.35. The van der Waals surface area contributed by atoms with E-state index < -0.39 is 10.0 Å². The molecule has 3 rings (SSSR count). The second-order valence-corrected chi connectivity index (χ2v) is 8.14. The number of nitrogens with zero attached hydrogens (tertiary/aromatic N) is 2. The average molecular weight is 393 g/mol. The zero-order valence-corrected chi connectivity index (χ0v) is 16.0. The molecule has 1 aromatic rings. The molecule has 1 amide bonds. The Bertz CT molecular complexity index is 879. The first-order valence-corrected chi connectivity index (χ1v) is 10.5. The maximum absolute atomic E-state index is 12.6. The number of amidine groups is 1. The third-order valence-electron chi connectivity index (χ3n) is 4.68. The van der Waals surface area contributed by atoms with Crippen LogP contribution in [0.25, 0.3) is 0 Å². The smallest absolute Gasteiger partial charge is 0.305 e. The summed E-state index contributed by atoms with van der Waals surface area (Å²) in [6.45, 7) is 1.02. The number of nitrogens with one attached hydrogen (secondary N) is 1. The van der Waals surface area contributed by atoms with Gasteiger partial charge >= 0.3 is 5.97 Å². The van der Waals surface area contributed by atoms with E-state index in [4.69, 9.17) is 0 Å². The molecule has 0 aromatic heterocycles. The van der Waals surface area contributed by atoms with E-state index in [0.717, 1.165) is 25.8 Å². The Kier molecular flexibility index (Phi) is 5.79. The van der Waals surface area contributed by atoms with Crippen LogP contribution in [-0.2, 0) is 19.6 Å². The van der Waals surface area contributed by atoms with E-state index in [9.17, 15) is 18.0 Å². The molecule has 0 radical (unpaired) electrons. The number of methoxy groups -OCH3 is 1. The van der Waals surface area contributed by atoms with Crippen molar-refractivity contribution >= 4 is 33.4 Å². The first kappa shape index (κ1) is 19.3. The summed E-state index contributed by atoms with van der Waals surface area (Å²) in [5.41, 5.74) is 0.841. The van der Waals surface area contributed by atoms with E-state index >= 15 is 0 Å². The standard InChI is InChI=1S/C18H23N3O5S/c1-26-17(22)7-5-10-19-18(23)13-8-9-14-15(12-13)27(24,25)20-16-6-3-2-4-11-21(14)16/h8-9,12H,2-7,10-11H2,1H3,(H,19,23). The fourth-order valence-corrected chi connectivity index (χ4v) is 4.54. The highest BCUT2D eigenvalue weighted by Crippen LogP contribution is 2.34. The minimum atomic E-state index is -3.82. The molecule has 1 N–H and O–H groups in total. The minimum absolute atomic E-state index is 0.0651. The SMILES string of the molecule is COC(=O)CCCNC(=O)c1ccc2c(c1)S(=O)(=O)N=C1CCCCCN12. The maximum atomic E-state index is 12.6. The number of ether oxygens (including phenoxy) is 1. The predicted octanol–water partition coefficient (Wildman–Crippen LogP) is 1.85. The van der Waals surface area contributed by atoms with Crippen LogP contribution < -0.4 is 10.2 Å². The molecule has 146 valence electrons. The van der Waals surface area contributed by atoms with E-state index in [-0.39, 0.29) is 28.8 Å². The number of hydrogen-bond acceptors (Lipinski definition) is 6. The largest absolute Gasteiger partial charge is 0.469 e. The van der Waals surface area contributed by atoms with Crippen molar-refractivity contribution in [2.45, 2.75) is 43.4 Å². The van der Waals surface area contributed by atoms with Crippen LogP contribution in [0.1, 0.15) is 48.9 Å². The molecule has 0 unspecified atom stereocenters. The number of esters is 1. The van der Waals surface area contributed by atoms with Crippen molar-refractivity contribution in [3.63, 3.8) is 0 Å². The zero-order valence-electron chi connectivity index (χ0n) is 15.2. The second kappa shape index (κ2) is 8.08. The number of carbonyl (C=O) groups is 2. The van der Waals surface area contributed by atoms with Gasteiger partial charge in [0.2, 0.25) is 0 Å². The highest BCUT2D eigenvalue weighted by atomic mass is 32.2. The van der Waals surface area contributed by atoms with Gasteiger partial charge in [0.25, 0.3) is 15.9 Å². The summed E-state index contributed by atoms with van der Waals surface area (Å²) < 4.78 is 33.7. The summed E-state index contributed by atoms with van der Waals surface area (Å²) in [7, 11) is -2.51. The van der Waals surface area contributed by atoms with Gasteiger partial charge in [-0.2, -0.15) is 8.42 Å². The van der Waals surface area contributed by atoms with Gasteiger partial charge in [0, 0.05) is 31.5 Å². The minimum Gasteiger partial charge on any atom is -0.469 e. The number of rotatable bonds is 5. The number of amides is 1. The molecular weight excluding hydrogens is 370 g/mol. The Morgan fingerprint density at radius 3 is 2.85 bits per heavy atom. The van der Waals surface area contributed by atoms with E-state index in [1.54, 1.807) is 12.1 Å². The third kappa shape index (κ3) is 4.29. The molecule has 0 atom stereocenters. The van der Waals surface area contributed by atoms with Crippen LogP contribution in [-0.4, -0.2) is 46.3 Å². The lowest BCUT2D eigenvalue weighted by Gasteiger charge is -2.29. The fourth-order valence-electron chi connectivity index (χ4n) is 3.26. The molecule has 0 saturated carbocycles. The van der Waals surface area contributed by atoms with Crippen LogP contribution in [0.2, 0.25) is 0 Å². The van der Waals surface area contributed by atoms with Crippen molar-refractivity contribution in [2.75, 3.05) is 25.1 Å². The van der Waals surface area contributed by atoms with Crippen LogP contribution in [0, 0.1) is 0 Å². The van der Waals surface area contributed by atoms with Crippen molar-refractivity contribution < 1.29 is 22.7 Å². The van der Waals surface area contributed by atoms with Crippen LogP contribution in [0.3, 0.4) is 0 Å². The normalized spacial score (nSPS) is 17.8. The van der Waals surface area contributed by atoms with E-state index in [1.165, 1.54) is 13.2 Å². The van der Waals surface area contributed by atoms with Crippen LogP contribution >= 0.6 is 0 Å². The molecule has 27 heavy (non-hydrogen) atoms. The third-order valence-corrected chi connectivity index (χ3v) is 6.01. The van der Waals surface area contributed by atoms with Gasteiger partial charge in [-0.05, 0) is 37.5 Å². The molecule has 1 aromatic carbocycles. The molecule has 1 fully saturated rings. The van der Waals surface area contributed by atoms with Gasteiger partial charge in [0.05, 0.1) is 12.8 Å². The Morgan fingerprint density at radius 2 is 2.07 bits per heavy atom. The van der Waals surface area contributed by atoms with Crippen molar-refractivity contribution in [3.05, 3.63) is 23.8 Å². The molecular formula is C18H23N3O5S. The Hall–Kier alpha value is -2.42. The lowest BCUT2D eigenvalue weighted by atomic mass is 10.1. The quantitative estimate of drug-likeness (QED) is 0.605. The van der Waals surface area contributed by atoms with Crippen LogP contribution in [0.5, 0.6) is 0 Å². The molecule has 2 aliphatic heterocycles. The number of carbonyl (C=O) groups excluding carboxylic acids is 2. The van der Waals surface area contributed by atoms with E-state index in [2.05, 4.69) is 14.5 Å². The van der Waals surface area contributed by atoms with E-state index in [1.807, 2.05) is 4.90 Å². The van der Waals surface area contributed by atoms with Gasteiger partial charge in [0.1, 0.15) is 10.7 Å². The van der Waals surface area contributed by atoms with Gasteiger partial charge in [-0.3, -0.25) is 9.59 Å². The second-order valence-electron chi connectivity index (χ2n) is 6.56. The molecule has 8 nitrogen and oxygen atoms in total. The summed E-state index contributed by atoms with van der Waals surface area (Å²) >= 11 is 0. The van der Waals surface area contributed by atoms with Gasteiger partial charge in [-0.15, -0.1) is 4.40 Å². The Labute approximate surface area is 158 Å². The predicted molar refractivity (Wildman–Crippen MR) is 100 cm³/mol. The monoisotopic (exact) mass is 393 g/mol. The van der Waals surface area contributed by atoms with Gasteiger partial charge in [0.15, 0.2) is 0 Å². The lowest BCUT2D eigenvalue weighted by molar-refractivity contribution is -0.140. The molecule has 0 bridgehead atoms. The van der Waals surface area contributed by atoms with E-state index in [0.29, 0.717) is 30.9 Å². The van der Waals surface area contributed by atoms with Crippen molar-refractivity contribution in [1.82, 2.24) is 5.32 Å². The number of anilines is 1. The number of benzene rings is 1. The molecule has 9 heteroatoms. The summed E-state index contributed by atoms with van der Waals surface area (Å²) in [5, 5.41) is 2.69. The highest BCUT2D eigenvalue weighted by molar-refractivity contribution is 7.90. The molecule has 2 heterocycles. The molecule has 1 saturated heterocycles. The first-order chi connectivity index (χ1) is 12.9. The van der Waals surface area contributed by atoms with Gasteiger partial charge in [-0.25, -0.2) is 0 Å². The van der Waals surface area contributed by atoms with Crippen molar-refractivity contribution in [2.24, 2.45) is 4.40 Å². The Balaban J connectivity index is 1.77. The molecule has 2 aliphatic rings. The summed E-state index contributed by atoms with van der Waals surface area (Å²) in [6, 6.07) is 4.68. The number of sulfonamides is 1. The topological polar surface area (TPSA) is 105 Å². The van der Waals surface area contributed by atoms with Crippen molar-refractivity contribution in [1.29, 1.82) is 0 Å². The zero-order chi connectivity index (χ0) is 19.4. The highest BCUT2D eigenvalue weighted by Gasteiger charge is 2.32. The molecule has 0 spiro atoms. The first-order valence-electron chi connectivity index (χ1n) is 9.03. The maximum Gasteiger partial charge on any atom is 0.305 e. The molecule has 0 aliphatic carbocycles. The number of fused-ring (bicyclic) bond motifs is 3. The number of hydrogen-bond donors (Lipinski definition) is 1. The van der Waals surface area contributed by atoms with Gasteiger partial charge in [-0.1, -0.05) is 6.42 Å². The summed E-state index contributed by atoms with van der Waals surface area (Å²) in [6.07, 6.45) is 4.23. The Morgan fingerprint density at radius 1 is 1.26 bits per heavy atom. The summed E-state index contributed by atoms with van der Waals surface area (Å²) in [4.78, 5) is 25.4. The van der Waals surface area contributed by atoms with Crippen molar-refractivity contribution in [3.8, 4) is 0 Å². The van der Waals surface area contributed by atoms with Gasteiger partial charge < -0.3 is 15.0 Å². The average Bonchev–Trinajstić information content (AvgIpc) is 2.89. The fraction of sp³-hybridized carbons (Fsp3) is 0.500.